The second-order valence-electron chi connectivity index (χ2n) is 5.69. The van der Waals surface area contributed by atoms with E-state index in [-0.39, 0.29) is 17.3 Å². The standard InChI is InChI=1S/C15H19FO3/c1-15(2)8-7-10(19-15)9-12(14(17)18)11-5-3-4-6-13(11)16/h3-6,10,12H,7-9H2,1-2H3,(H,17,18). The Morgan fingerprint density at radius 1 is 1.53 bits per heavy atom. The lowest BCUT2D eigenvalue weighted by Crippen LogP contribution is -2.24. The number of halogens is 1. The second kappa shape index (κ2) is 5.29. The van der Waals surface area contributed by atoms with Gasteiger partial charge in [-0.15, -0.1) is 0 Å². The zero-order valence-electron chi connectivity index (χ0n) is 11.2. The third-order valence-corrected chi connectivity index (χ3v) is 3.63. The molecule has 0 saturated carbocycles. The van der Waals surface area contributed by atoms with Crippen LogP contribution in [-0.2, 0) is 9.53 Å². The lowest BCUT2D eigenvalue weighted by atomic mass is 9.91. The Bertz CT molecular complexity index is 470. The van der Waals surface area contributed by atoms with Gasteiger partial charge in [0.1, 0.15) is 5.82 Å². The lowest BCUT2D eigenvalue weighted by Gasteiger charge is -2.22. The van der Waals surface area contributed by atoms with Gasteiger partial charge in [0.25, 0.3) is 0 Å². The summed E-state index contributed by atoms with van der Waals surface area (Å²) in [5, 5.41) is 9.32. The molecule has 19 heavy (non-hydrogen) atoms. The Kier molecular flexibility index (Phi) is 3.90. The maximum absolute atomic E-state index is 13.7. The summed E-state index contributed by atoms with van der Waals surface area (Å²) < 4.78 is 19.5. The molecule has 0 amide bonds. The Hall–Kier alpha value is -1.42. The fourth-order valence-corrected chi connectivity index (χ4v) is 2.62. The zero-order valence-corrected chi connectivity index (χ0v) is 11.2. The van der Waals surface area contributed by atoms with Crippen molar-refractivity contribution < 1.29 is 19.0 Å². The van der Waals surface area contributed by atoms with Crippen LogP contribution in [0.1, 0.15) is 44.6 Å². The number of rotatable bonds is 4. The largest absolute Gasteiger partial charge is 0.481 e. The van der Waals surface area contributed by atoms with E-state index in [9.17, 15) is 14.3 Å². The van der Waals surface area contributed by atoms with Crippen LogP contribution < -0.4 is 0 Å². The van der Waals surface area contributed by atoms with Gasteiger partial charge in [0.15, 0.2) is 0 Å². The highest BCUT2D eigenvalue weighted by molar-refractivity contribution is 5.76. The summed E-state index contributed by atoms with van der Waals surface area (Å²) in [6, 6.07) is 6.06. The van der Waals surface area contributed by atoms with Crippen molar-refractivity contribution in [2.45, 2.75) is 50.7 Å². The number of aliphatic carboxylic acids is 1. The number of carbonyl (C=O) groups is 1. The summed E-state index contributed by atoms with van der Waals surface area (Å²) in [6.45, 7) is 3.98. The summed E-state index contributed by atoms with van der Waals surface area (Å²) in [5.74, 6) is -2.31. The van der Waals surface area contributed by atoms with Gasteiger partial charge in [-0.25, -0.2) is 4.39 Å². The summed E-state index contributed by atoms with van der Waals surface area (Å²) in [6.07, 6.45) is 1.93. The number of benzene rings is 1. The molecule has 0 aromatic heterocycles. The molecule has 1 heterocycles. The van der Waals surface area contributed by atoms with Crippen LogP contribution in [0.5, 0.6) is 0 Å². The zero-order chi connectivity index (χ0) is 14.0. The van der Waals surface area contributed by atoms with E-state index in [1.165, 1.54) is 12.1 Å². The Balaban J connectivity index is 2.14. The van der Waals surface area contributed by atoms with Crippen LogP contribution in [0.4, 0.5) is 4.39 Å². The van der Waals surface area contributed by atoms with Crippen LogP contribution in [0.3, 0.4) is 0 Å². The highest BCUT2D eigenvalue weighted by atomic mass is 19.1. The van der Waals surface area contributed by atoms with Gasteiger partial charge < -0.3 is 9.84 Å². The van der Waals surface area contributed by atoms with Gasteiger partial charge in [0.05, 0.1) is 17.6 Å². The van der Waals surface area contributed by atoms with Gasteiger partial charge in [-0.2, -0.15) is 0 Å². The molecule has 104 valence electrons. The first-order chi connectivity index (χ1) is 8.89. The quantitative estimate of drug-likeness (QED) is 0.909. The monoisotopic (exact) mass is 266 g/mol. The molecule has 1 aromatic carbocycles. The van der Waals surface area contributed by atoms with Crippen LogP contribution in [0.2, 0.25) is 0 Å². The molecular weight excluding hydrogens is 247 g/mol. The fraction of sp³-hybridized carbons (Fsp3) is 0.533. The van der Waals surface area contributed by atoms with Crippen molar-refractivity contribution in [1.29, 1.82) is 0 Å². The van der Waals surface area contributed by atoms with E-state index >= 15 is 0 Å². The van der Waals surface area contributed by atoms with E-state index in [0.717, 1.165) is 12.8 Å². The average Bonchev–Trinajstić information content (AvgIpc) is 2.66. The Morgan fingerprint density at radius 2 is 2.21 bits per heavy atom. The molecule has 1 aliphatic rings. The normalized spacial score (nSPS) is 23.2. The summed E-state index contributed by atoms with van der Waals surface area (Å²) in [4.78, 5) is 11.4. The third kappa shape index (κ3) is 3.32. The highest BCUT2D eigenvalue weighted by Gasteiger charge is 2.35. The van der Waals surface area contributed by atoms with Gasteiger partial charge in [0, 0.05) is 5.56 Å². The molecule has 1 saturated heterocycles. The van der Waals surface area contributed by atoms with Crippen molar-refractivity contribution in [2.75, 3.05) is 0 Å². The molecular formula is C15H19FO3. The van der Waals surface area contributed by atoms with E-state index in [1.54, 1.807) is 12.1 Å². The smallest absolute Gasteiger partial charge is 0.311 e. The fourth-order valence-electron chi connectivity index (χ4n) is 2.62. The van der Waals surface area contributed by atoms with E-state index in [0.29, 0.717) is 6.42 Å². The molecule has 4 heteroatoms. The average molecular weight is 266 g/mol. The van der Waals surface area contributed by atoms with Crippen LogP contribution in [-0.4, -0.2) is 22.8 Å². The molecule has 2 rings (SSSR count). The second-order valence-corrected chi connectivity index (χ2v) is 5.69. The van der Waals surface area contributed by atoms with Crippen molar-refractivity contribution in [1.82, 2.24) is 0 Å². The van der Waals surface area contributed by atoms with Gasteiger partial charge in [0.2, 0.25) is 0 Å². The minimum Gasteiger partial charge on any atom is -0.481 e. The maximum atomic E-state index is 13.7. The predicted octanol–water partition coefficient (Wildman–Crippen LogP) is 3.34. The van der Waals surface area contributed by atoms with Crippen LogP contribution in [0.15, 0.2) is 24.3 Å². The molecule has 0 spiro atoms. The van der Waals surface area contributed by atoms with Gasteiger partial charge in [-0.05, 0) is 39.2 Å². The summed E-state index contributed by atoms with van der Waals surface area (Å²) in [7, 11) is 0. The van der Waals surface area contributed by atoms with E-state index in [4.69, 9.17) is 4.74 Å². The van der Waals surface area contributed by atoms with Crippen molar-refractivity contribution in [3.8, 4) is 0 Å². The lowest BCUT2D eigenvalue weighted by molar-refractivity contribution is -0.140. The molecule has 0 bridgehead atoms. The molecule has 3 nitrogen and oxygen atoms in total. The molecule has 0 aliphatic carbocycles. The molecule has 1 N–H and O–H groups in total. The number of hydrogen-bond acceptors (Lipinski definition) is 2. The first-order valence-electron chi connectivity index (χ1n) is 6.54. The third-order valence-electron chi connectivity index (χ3n) is 3.63. The van der Waals surface area contributed by atoms with Crippen molar-refractivity contribution in [2.24, 2.45) is 0 Å². The van der Waals surface area contributed by atoms with Crippen LogP contribution >= 0.6 is 0 Å². The summed E-state index contributed by atoms with van der Waals surface area (Å²) >= 11 is 0. The molecule has 2 unspecified atom stereocenters. The Labute approximate surface area is 112 Å². The molecule has 1 aromatic rings. The Morgan fingerprint density at radius 3 is 2.74 bits per heavy atom. The molecule has 0 radical (unpaired) electrons. The number of hydrogen-bond donors (Lipinski definition) is 1. The molecule has 1 aliphatic heterocycles. The minimum absolute atomic E-state index is 0.115. The highest BCUT2D eigenvalue weighted by Crippen LogP contribution is 2.35. The molecule has 2 atom stereocenters. The van der Waals surface area contributed by atoms with Crippen molar-refractivity contribution in [3.63, 3.8) is 0 Å². The van der Waals surface area contributed by atoms with Crippen molar-refractivity contribution >= 4 is 5.97 Å². The summed E-state index contributed by atoms with van der Waals surface area (Å²) in [5.41, 5.74) is 0.0338. The number of carboxylic acid groups (broad SMARTS) is 1. The van der Waals surface area contributed by atoms with Crippen molar-refractivity contribution in [3.05, 3.63) is 35.6 Å². The van der Waals surface area contributed by atoms with E-state index in [2.05, 4.69) is 0 Å². The van der Waals surface area contributed by atoms with Crippen LogP contribution in [0.25, 0.3) is 0 Å². The van der Waals surface area contributed by atoms with E-state index in [1.807, 2.05) is 13.8 Å². The number of carboxylic acids is 1. The first-order valence-corrected chi connectivity index (χ1v) is 6.54. The van der Waals surface area contributed by atoms with E-state index < -0.39 is 17.7 Å². The van der Waals surface area contributed by atoms with Gasteiger partial charge in [-0.3, -0.25) is 4.79 Å². The van der Waals surface area contributed by atoms with Gasteiger partial charge in [-0.1, -0.05) is 18.2 Å². The van der Waals surface area contributed by atoms with Gasteiger partial charge >= 0.3 is 5.97 Å². The SMILES string of the molecule is CC1(C)CCC(CC(C(=O)O)c2ccccc2F)O1. The topological polar surface area (TPSA) is 46.5 Å². The minimum atomic E-state index is -1.00. The maximum Gasteiger partial charge on any atom is 0.311 e. The molecule has 1 fully saturated rings. The van der Waals surface area contributed by atoms with Crippen LogP contribution in [0, 0.1) is 5.82 Å². The predicted molar refractivity (Wildman–Crippen MR) is 69.6 cm³/mol. The number of ether oxygens (including phenoxy) is 1. The first kappa shape index (κ1) is 14.0.